The molecule has 0 aromatic rings. The Bertz CT molecular complexity index is 222. The standard InChI is InChI=1S/C14H28N2O/c1-15-14-8-5-6-12(14)10-16-9-4-2-3-7-13(16)11-17/h12-15,17H,2-11H2,1H3. The molecule has 3 nitrogen and oxygen atoms in total. The second-order valence-electron chi connectivity index (χ2n) is 5.77. The quantitative estimate of drug-likeness (QED) is 0.784. The van der Waals surface area contributed by atoms with Gasteiger partial charge >= 0.3 is 0 Å². The first-order valence-electron chi connectivity index (χ1n) is 7.37. The molecular formula is C14H28N2O. The number of nitrogens with zero attached hydrogens (tertiary/aromatic N) is 1. The van der Waals surface area contributed by atoms with Crippen LogP contribution in [-0.4, -0.2) is 48.8 Å². The summed E-state index contributed by atoms with van der Waals surface area (Å²) in [7, 11) is 2.09. The summed E-state index contributed by atoms with van der Waals surface area (Å²) >= 11 is 0. The van der Waals surface area contributed by atoms with Crippen LogP contribution in [0.2, 0.25) is 0 Å². The van der Waals surface area contributed by atoms with Crippen molar-refractivity contribution in [2.24, 2.45) is 5.92 Å². The van der Waals surface area contributed by atoms with Crippen LogP contribution in [0.25, 0.3) is 0 Å². The lowest BCUT2D eigenvalue weighted by atomic mass is 10.0. The van der Waals surface area contributed by atoms with Crippen molar-refractivity contribution < 1.29 is 5.11 Å². The zero-order valence-corrected chi connectivity index (χ0v) is 11.2. The normalized spacial score (nSPS) is 36.0. The first-order valence-corrected chi connectivity index (χ1v) is 7.37. The van der Waals surface area contributed by atoms with Gasteiger partial charge in [0.2, 0.25) is 0 Å². The second kappa shape index (κ2) is 6.72. The van der Waals surface area contributed by atoms with Gasteiger partial charge in [-0.2, -0.15) is 0 Å². The third-order valence-electron chi connectivity index (χ3n) is 4.71. The summed E-state index contributed by atoms with van der Waals surface area (Å²) in [5, 5.41) is 13.0. The molecule has 2 aliphatic rings. The van der Waals surface area contributed by atoms with Crippen molar-refractivity contribution in [3.63, 3.8) is 0 Å². The maximum atomic E-state index is 9.53. The number of likely N-dealkylation sites (tertiary alicyclic amines) is 1. The molecule has 1 saturated carbocycles. The Kier molecular flexibility index (Phi) is 5.26. The maximum Gasteiger partial charge on any atom is 0.0586 e. The van der Waals surface area contributed by atoms with Crippen LogP contribution in [0.3, 0.4) is 0 Å². The van der Waals surface area contributed by atoms with E-state index in [0.29, 0.717) is 18.7 Å². The molecule has 0 aromatic carbocycles. The van der Waals surface area contributed by atoms with Crippen LogP contribution in [0.1, 0.15) is 44.9 Å². The maximum absolute atomic E-state index is 9.53. The first kappa shape index (κ1) is 13.3. The molecule has 2 fully saturated rings. The van der Waals surface area contributed by atoms with Crippen LogP contribution in [0.15, 0.2) is 0 Å². The van der Waals surface area contributed by atoms with Gasteiger partial charge in [-0.1, -0.05) is 19.3 Å². The number of rotatable bonds is 4. The van der Waals surface area contributed by atoms with Crippen molar-refractivity contribution in [1.29, 1.82) is 0 Å². The third-order valence-corrected chi connectivity index (χ3v) is 4.71. The van der Waals surface area contributed by atoms with Gasteiger partial charge in [-0.3, -0.25) is 4.90 Å². The van der Waals surface area contributed by atoms with Crippen molar-refractivity contribution in [3.05, 3.63) is 0 Å². The molecule has 1 saturated heterocycles. The summed E-state index contributed by atoms with van der Waals surface area (Å²) in [6, 6.07) is 1.13. The molecule has 0 radical (unpaired) electrons. The first-order chi connectivity index (χ1) is 8.35. The van der Waals surface area contributed by atoms with Crippen molar-refractivity contribution in [2.75, 3.05) is 26.7 Å². The molecule has 17 heavy (non-hydrogen) atoms. The van der Waals surface area contributed by atoms with Crippen LogP contribution >= 0.6 is 0 Å². The van der Waals surface area contributed by atoms with Gasteiger partial charge in [0.1, 0.15) is 0 Å². The monoisotopic (exact) mass is 240 g/mol. The molecule has 1 heterocycles. The average molecular weight is 240 g/mol. The van der Waals surface area contributed by atoms with Crippen molar-refractivity contribution in [1.82, 2.24) is 10.2 Å². The number of aliphatic hydroxyl groups excluding tert-OH is 1. The summed E-state index contributed by atoms with van der Waals surface area (Å²) in [5.74, 6) is 0.798. The number of hydrogen-bond acceptors (Lipinski definition) is 3. The Morgan fingerprint density at radius 1 is 1.12 bits per heavy atom. The Hall–Kier alpha value is -0.120. The fraction of sp³-hybridized carbons (Fsp3) is 1.00. The van der Waals surface area contributed by atoms with Crippen LogP contribution in [0.5, 0.6) is 0 Å². The summed E-state index contributed by atoms with van der Waals surface area (Å²) in [6.07, 6.45) is 9.20. The molecule has 0 spiro atoms. The van der Waals surface area contributed by atoms with E-state index in [1.165, 1.54) is 58.0 Å². The third kappa shape index (κ3) is 3.43. The minimum absolute atomic E-state index is 0.344. The van der Waals surface area contributed by atoms with Gasteiger partial charge in [-0.25, -0.2) is 0 Å². The van der Waals surface area contributed by atoms with Crippen LogP contribution in [-0.2, 0) is 0 Å². The molecule has 0 amide bonds. The van der Waals surface area contributed by atoms with E-state index in [1.807, 2.05) is 0 Å². The molecule has 100 valence electrons. The second-order valence-corrected chi connectivity index (χ2v) is 5.77. The molecule has 0 aromatic heterocycles. The number of nitrogens with one attached hydrogen (secondary N) is 1. The molecule has 3 unspecified atom stereocenters. The minimum Gasteiger partial charge on any atom is -0.395 e. The minimum atomic E-state index is 0.344. The van der Waals surface area contributed by atoms with Gasteiger partial charge in [-0.15, -0.1) is 0 Å². The molecular weight excluding hydrogens is 212 g/mol. The fourth-order valence-electron chi connectivity index (χ4n) is 3.62. The Balaban J connectivity index is 1.90. The molecule has 2 N–H and O–H groups in total. The van der Waals surface area contributed by atoms with E-state index in [9.17, 15) is 5.11 Å². The topological polar surface area (TPSA) is 35.5 Å². The highest BCUT2D eigenvalue weighted by Crippen LogP contribution is 2.28. The molecule has 0 bridgehead atoms. The Morgan fingerprint density at radius 3 is 2.76 bits per heavy atom. The van der Waals surface area contributed by atoms with Crippen molar-refractivity contribution in [2.45, 2.75) is 57.0 Å². The van der Waals surface area contributed by atoms with E-state index in [0.717, 1.165) is 5.92 Å². The summed E-state index contributed by atoms with van der Waals surface area (Å²) in [6.45, 7) is 2.73. The Morgan fingerprint density at radius 2 is 2.00 bits per heavy atom. The van der Waals surface area contributed by atoms with Gasteiger partial charge < -0.3 is 10.4 Å². The van der Waals surface area contributed by atoms with E-state index < -0.39 is 0 Å². The summed E-state index contributed by atoms with van der Waals surface area (Å²) < 4.78 is 0. The van der Waals surface area contributed by atoms with Gasteiger partial charge in [0.25, 0.3) is 0 Å². The highest BCUT2D eigenvalue weighted by Gasteiger charge is 2.30. The van der Waals surface area contributed by atoms with E-state index in [4.69, 9.17) is 0 Å². The summed E-state index contributed by atoms with van der Waals surface area (Å²) in [4.78, 5) is 2.56. The molecule has 1 aliphatic carbocycles. The molecule has 2 rings (SSSR count). The lowest BCUT2D eigenvalue weighted by molar-refractivity contribution is 0.104. The van der Waals surface area contributed by atoms with Crippen LogP contribution in [0, 0.1) is 5.92 Å². The van der Waals surface area contributed by atoms with E-state index >= 15 is 0 Å². The summed E-state index contributed by atoms with van der Waals surface area (Å²) in [5.41, 5.74) is 0. The van der Waals surface area contributed by atoms with Crippen molar-refractivity contribution >= 4 is 0 Å². The highest BCUT2D eigenvalue weighted by molar-refractivity contribution is 4.86. The molecule has 3 heteroatoms. The smallest absolute Gasteiger partial charge is 0.0586 e. The van der Waals surface area contributed by atoms with Gasteiger partial charge in [0, 0.05) is 18.6 Å². The van der Waals surface area contributed by atoms with E-state index in [-0.39, 0.29) is 0 Å². The van der Waals surface area contributed by atoms with Crippen LogP contribution in [0.4, 0.5) is 0 Å². The molecule has 3 atom stereocenters. The predicted molar refractivity (Wildman–Crippen MR) is 71.1 cm³/mol. The van der Waals surface area contributed by atoms with Gasteiger partial charge in [-0.05, 0) is 45.2 Å². The largest absolute Gasteiger partial charge is 0.395 e. The zero-order chi connectivity index (χ0) is 12.1. The van der Waals surface area contributed by atoms with Gasteiger partial charge in [0.15, 0.2) is 0 Å². The lowest BCUT2D eigenvalue weighted by Crippen LogP contribution is -2.44. The SMILES string of the molecule is CNC1CCCC1CN1CCCCCC1CO. The van der Waals surface area contributed by atoms with Crippen molar-refractivity contribution in [3.8, 4) is 0 Å². The Labute approximate surface area is 106 Å². The lowest BCUT2D eigenvalue weighted by Gasteiger charge is -2.32. The number of hydrogen-bond donors (Lipinski definition) is 2. The van der Waals surface area contributed by atoms with Crippen LogP contribution < -0.4 is 5.32 Å². The predicted octanol–water partition coefficient (Wildman–Crippen LogP) is 1.61. The van der Waals surface area contributed by atoms with Gasteiger partial charge in [0.05, 0.1) is 6.61 Å². The average Bonchev–Trinajstić information content (AvgIpc) is 2.67. The molecule has 1 aliphatic heterocycles. The zero-order valence-electron chi connectivity index (χ0n) is 11.2. The number of aliphatic hydroxyl groups is 1. The fourth-order valence-corrected chi connectivity index (χ4v) is 3.62. The van der Waals surface area contributed by atoms with E-state index in [2.05, 4.69) is 17.3 Å². The highest BCUT2D eigenvalue weighted by atomic mass is 16.3. The van der Waals surface area contributed by atoms with E-state index in [1.54, 1.807) is 0 Å².